The molecule has 32 heavy (non-hydrogen) atoms. The number of anilines is 2. The summed E-state index contributed by atoms with van der Waals surface area (Å²) in [5, 5.41) is 10.5. The summed E-state index contributed by atoms with van der Waals surface area (Å²) in [6.45, 7) is 3.12. The Morgan fingerprint density at radius 2 is 1.91 bits per heavy atom. The van der Waals surface area contributed by atoms with Gasteiger partial charge in [-0.1, -0.05) is 24.9 Å². The minimum atomic E-state index is 0.410. The number of pyridine rings is 1. The number of hydrogen-bond donors (Lipinski definition) is 2. The number of rotatable bonds is 6. The quantitative estimate of drug-likeness (QED) is 0.448. The molecule has 1 fully saturated rings. The molecule has 2 N–H and O–H groups in total. The number of carbonyl (C=O) groups excluding carboxylic acids is 2. The molecule has 1 aromatic heterocycles. The van der Waals surface area contributed by atoms with Crippen LogP contribution < -0.4 is 9.62 Å². The molecule has 0 aliphatic carbocycles. The number of ether oxygens (including phenoxy) is 1. The van der Waals surface area contributed by atoms with Crippen LogP contribution >= 0.6 is 23.5 Å². The number of nitrogens with zero attached hydrogens (tertiary/aromatic N) is 2. The van der Waals surface area contributed by atoms with E-state index in [-0.39, 0.29) is 0 Å². The topological polar surface area (TPSA) is 91.8 Å². The first-order chi connectivity index (χ1) is 15.5. The number of benzene rings is 1. The Morgan fingerprint density at radius 3 is 2.41 bits per heavy atom. The molecule has 1 aliphatic heterocycles. The SMILES string of the molecule is CCCc1cc(C=O)cc(NC)c1.CO.COC.O=Cc1cc(N2CCCS2)ncc1Cl. The van der Waals surface area contributed by atoms with Crippen LogP contribution in [0.15, 0.2) is 30.5 Å². The lowest BCUT2D eigenvalue weighted by atomic mass is 10.1. The molecule has 0 radical (unpaired) electrons. The Hall–Kier alpha value is -2.13. The van der Waals surface area contributed by atoms with Crippen molar-refractivity contribution in [2.75, 3.05) is 50.3 Å². The van der Waals surface area contributed by atoms with E-state index < -0.39 is 0 Å². The first-order valence-corrected chi connectivity index (χ1v) is 11.5. The van der Waals surface area contributed by atoms with Crippen molar-refractivity contribution in [1.29, 1.82) is 0 Å². The molecule has 0 unspecified atom stereocenters. The van der Waals surface area contributed by atoms with Gasteiger partial charge in [-0.05, 0) is 54.6 Å². The number of carbonyl (C=O) groups is 2. The fraction of sp³-hybridized carbons (Fsp3) is 0.435. The van der Waals surface area contributed by atoms with E-state index >= 15 is 0 Å². The normalized spacial score (nSPS) is 11.7. The predicted molar refractivity (Wildman–Crippen MR) is 136 cm³/mol. The van der Waals surface area contributed by atoms with Crippen LogP contribution in [0.2, 0.25) is 5.02 Å². The minimum absolute atomic E-state index is 0.410. The van der Waals surface area contributed by atoms with Gasteiger partial charge in [0, 0.05) is 63.7 Å². The Bertz CT molecular complexity index is 803. The number of methoxy groups -OCH3 is 1. The number of aryl methyl sites for hydroxylation is 1. The van der Waals surface area contributed by atoms with Gasteiger partial charge in [-0.15, -0.1) is 0 Å². The van der Waals surface area contributed by atoms with Crippen molar-refractivity contribution in [3.63, 3.8) is 0 Å². The number of aliphatic hydroxyl groups is 1. The van der Waals surface area contributed by atoms with Gasteiger partial charge in [-0.25, -0.2) is 4.98 Å². The molecule has 1 aromatic carbocycles. The first-order valence-electron chi connectivity index (χ1n) is 10.2. The molecule has 9 heteroatoms. The van der Waals surface area contributed by atoms with Crippen molar-refractivity contribution in [2.45, 2.75) is 26.2 Å². The summed E-state index contributed by atoms with van der Waals surface area (Å²) in [7, 11) is 6.11. The van der Waals surface area contributed by atoms with Gasteiger partial charge in [-0.3, -0.25) is 9.59 Å². The van der Waals surface area contributed by atoms with Crippen molar-refractivity contribution in [3.05, 3.63) is 52.2 Å². The Balaban J connectivity index is 0.000000502. The van der Waals surface area contributed by atoms with Gasteiger partial charge in [0.05, 0.1) is 5.02 Å². The number of hydrogen-bond acceptors (Lipinski definition) is 8. The van der Waals surface area contributed by atoms with Crippen molar-refractivity contribution < 1.29 is 19.4 Å². The highest BCUT2D eigenvalue weighted by Gasteiger charge is 2.15. The number of halogens is 1. The lowest BCUT2D eigenvalue weighted by molar-refractivity contribution is 0.111. The summed E-state index contributed by atoms with van der Waals surface area (Å²) in [6, 6.07) is 7.60. The molecule has 0 atom stereocenters. The lowest BCUT2D eigenvalue weighted by Gasteiger charge is -2.14. The van der Waals surface area contributed by atoms with Gasteiger partial charge < -0.3 is 19.5 Å². The zero-order valence-electron chi connectivity index (χ0n) is 19.4. The summed E-state index contributed by atoms with van der Waals surface area (Å²) < 4.78 is 6.34. The zero-order chi connectivity index (χ0) is 24.4. The first kappa shape index (κ1) is 29.9. The Kier molecular flexibility index (Phi) is 17.2. The largest absolute Gasteiger partial charge is 0.400 e. The van der Waals surface area contributed by atoms with E-state index in [1.165, 1.54) is 11.8 Å². The molecule has 178 valence electrons. The maximum atomic E-state index is 10.7. The molecule has 2 heterocycles. The fourth-order valence-electron chi connectivity index (χ4n) is 2.66. The highest BCUT2D eigenvalue weighted by atomic mass is 35.5. The molecular weight excluding hydrogens is 450 g/mol. The van der Waals surface area contributed by atoms with E-state index in [1.54, 1.807) is 32.2 Å². The van der Waals surface area contributed by atoms with Crippen LogP contribution in [0.5, 0.6) is 0 Å². The molecule has 2 aromatic rings. The molecule has 0 amide bonds. The molecule has 0 saturated carbocycles. The Labute approximate surface area is 200 Å². The number of nitrogens with one attached hydrogen (secondary N) is 1. The van der Waals surface area contributed by atoms with Gasteiger partial charge in [0.15, 0.2) is 6.29 Å². The second kappa shape index (κ2) is 18.4. The third-order valence-corrected chi connectivity index (χ3v) is 5.45. The van der Waals surface area contributed by atoms with E-state index in [4.69, 9.17) is 16.7 Å². The molecule has 3 rings (SSSR count). The highest BCUT2D eigenvalue weighted by Crippen LogP contribution is 2.28. The van der Waals surface area contributed by atoms with Gasteiger partial charge in [0.1, 0.15) is 12.1 Å². The van der Waals surface area contributed by atoms with E-state index in [9.17, 15) is 9.59 Å². The van der Waals surface area contributed by atoms with Crippen LogP contribution in [0.25, 0.3) is 0 Å². The second-order valence-corrected chi connectivity index (χ2v) is 7.97. The van der Waals surface area contributed by atoms with Gasteiger partial charge in [0.2, 0.25) is 0 Å². The molecule has 1 aliphatic rings. The van der Waals surface area contributed by atoms with Crippen LogP contribution in [0, 0.1) is 0 Å². The smallest absolute Gasteiger partial charge is 0.151 e. The van der Waals surface area contributed by atoms with Crippen molar-refractivity contribution >= 4 is 47.6 Å². The summed E-state index contributed by atoms with van der Waals surface area (Å²) in [5.74, 6) is 1.93. The van der Waals surface area contributed by atoms with Crippen LogP contribution in [0.3, 0.4) is 0 Å². The van der Waals surface area contributed by atoms with Gasteiger partial charge in [-0.2, -0.15) is 0 Å². The highest BCUT2D eigenvalue weighted by molar-refractivity contribution is 8.00. The van der Waals surface area contributed by atoms with Crippen molar-refractivity contribution in [2.24, 2.45) is 0 Å². The summed E-state index contributed by atoms with van der Waals surface area (Å²) in [6.07, 6.45) is 6.46. The third-order valence-electron chi connectivity index (χ3n) is 3.98. The van der Waals surface area contributed by atoms with Gasteiger partial charge >= 0.3 is 0 Å². The van der Waals surface area contributed by atoms with Crippen LogP contribution in [0.1, 0.15) is 46.0 Å². The van der Waals surface area contributed by atoms with Crippen LogP contribution in [0.4, 0.5) is 11.5 Å². The second-order valence-electron chi connectivity index (χ2n) is 6.46. The van der Waals surface area contributed by atoms with E-state index in [0.29, 0.717) is 10.6 Å². The molecule has 1 saturated heterocycles. The van der Waals surface area contributed by atoms with E-state index in [1.807, 2.05) is 19.2 Å². The number of aldehydes is 2. The molecular formula is C23H34ClN3O4S. The molecule has 0 bridgehead atoms. The standard InChI is InChI=1S/C11H15NO.C9H9ClN2OS.C2H6O.CH4O/c1-3-4-9-5-10(8-13)7-11(6-9)12-2;10-8-5-11-9(4-7(8)6-13)12-2-1-3-14-12;1-3-2;1-2/h5-8,12H,3-4H2,1-2H3;4-6H,1-3H2;1-2H3;2H,1H3. The molecule has 0 spiro atoms. The van der Waals surface area contributed by atoms with Crippen molar-refractivity contribution in [3.8, 4) is 0 Å². The van der Waals surface area contributed by atoms with E-state index in [2.05, 4.69) is 32.3 Å². The average Bonchev–Trinajstić information content (AvgIpc) is 3.36. The Morgan fingerprint density at radius 1 is 1.22 bits per heavy atom. The van der Waals surface area contributed by atoms with Crippen molar-refractivity contribution in [1.82, 2.24) is 4.98 Å². The van der Waals surface area contributed by atoms with Crippen LogP contribution in [-0.4, -0.2) is 63.3 Å². The summed E-state index contributed by atoms with van der Waals surface area (Å²) in [4.78, 5) is 25.4. The van der Waals surface area contributed by atoms with Crippen LogP contribution in [-0.2, 0) is 11.2 Å². The lowest BCUT2D eigenvalue weighted by Crippen LogP contribution is -2.10. The zero-order valence-corrected chi connectivity index (χ0v) is 21.0. The fourth-order valence-corrected chi connectivity index (χ4v) is 3.78. The predicted octanol–water partition coefficient (Wildman–Crippen LogP) is 4.77. The third kappa shape index (κ3) is 10.9. The average molecular weight is 484 g/mol. The summed E-state index contributed by atoms with van der Waals surface area (Å²) >= 11 is 7.52. The maximum Gasteiger partial charge on any atom is 0.151 e. The number of aliphatic hydroxyl groups excluding tert-OH is 1. The summed E-state index contributed by atoms with van der Waals surface area (Å²) in [5.41, 5.74) is 3.48. The van der Waals surface area contributed by atoms with E-state index in [0.717, 1.165) is 68.3 Å². The number of aromatic nitrogens is 1. The van der Waals surface area contributed by atoms with Gasteiger partial charge in [0.25, 0.3) is 0 Å². The monoisotopic (exact) mass is 483 g/mol. The maximum absolute atomic E-state index is 10.7. The molecule has 7 nitrogen and oxygen atoms in total. The minimum Gasteiger partial charge on any atom is -0.400 e.